The summed E-state index contributed by atoms with van der Waals surface area (Å²) in [4.78, 5) is 23.4. The molecule has 22 heavy (non-hydrogen) atoms. The first-order valence-corrected chi connectivity index (χ1v) is 8.58. The summed E-state index contributed by atoms with van der Waals surface area (Å²) in [6.07, 6.45) is 11.5. The van der Waals surface area contributed by atoms with Crippen molar-refractivity contribution >= 4 is 11.8 Å². The van der Waals surface area contributed by atoms with E-state index in [2.05, 4.69) is 19.9 Å². The van der Waals surface area contributed by atoms with Crippen molar-refractivity contribution in [3.63, 3.8) is 0 Å². The summed E-state index contributed by atoms with van der Waals surface area (Å²) in [6, 6.07) is 0. The molecule has 3 nitrogen and oxygen atoms in total. The Kier molecular flexibility index (Phi) is 2.95. The smallest absolute Gasteiger partial charge is 0.306 e. The number of ether oxygens (including phenoxy) is 1. The zero-order valence-corrected chi connectivity index (χ0v) is 13.4. The van der Waals surface area contributed by atoms with Crippen LogP contribution < -0.4 is 0 Å². The van der Waals surface area contributed by atoms with Crippen LogP contribution in [0, 0.1) is 23.2 Å². The predicted molar refractivity (Wildman–Crippen MR) is 83.0 cm³/mol. The minimum atomic E-state index is -0.262. The van der Waals surface area contributed by atoms with E-state index in [1.807, 2.05) is 6.08 Å². The minimum Gasteiger partial charge on any atom is -0.459 e. The lowest BCUT2D eigenvalue weighted by Gasteiger charge is -2.58. The molecule has 0 aromatic carbocycles. The summed E-state index contributed by atoms with van der Waals surface area (Å²) in [5.41, 5.74) is 1.08. The number of esters is 1. The maximum absolute atomic E-state index is 11.7. The molecule has 0 aromatic heterocycles. The van der Waals surface area contributed by atoms with Gasteiger partial charge in [-0.3, -0.25) is 9.59 Å². The second-order valence-electron chi connectivity index (χ2n) is 7.97. The first-order valence-electron chi connectivity index (χ1n) is 8.58. The number of hydrogen-bond acceptors (Lipinski definition) is 3. The number of fused-ring (bicyclic) bond motifs is 5. The standard InChI is InChI=1S/C19H24O3/c1-18-9-7-13(20)11-12(18)3-4-14-15(18)8-10-19(2)16(14)5-6-17(21)22-19/h7,9,11,14-16H,3-6,8,10H2,1-2H3/t14-,15+,16+,18+,19-/m1/s1. The molecular weight excluding hydrogens is 276 g/mol. The molecule has 1 aliphatic heterocycles. The molecule has 0 bridgehead atoms. The van der Waals surface area contributed by atoms with Crippen LogP contribution in [0.5, 0.6) is 0 Å². The van der Waals surface area contributed by atoms with E-state index < -0.39 is 0 Å². The maximum Gasteiger partial charge on any atom is 0.306 e. The van der Waals surface area contributed by atoms with Gasteiger partial charge in [0.25, 0.3) is 0 Å². The van der Waals surface area contributed by atoms with Crippen LogP contribution in [0.4, 0.5) is 0 Å². The molecular formula is C19H24O3. The monoisotopic (exact) mass is 300 g/mol. The summed E-state index contributed by atoms with van der Waals surface area (Å²) >= 11 is 0. The van der Waals surface area contributed by atoms with Crippen LogP contribution in [-0.4, -0.2) is 17.4 Å². The van der Waals surface area contributed by atoms with Crippen LogP contribution in [0.3, 0.4) is 0 Å². The summed E-state index contributed by atoms with van der Waals surface area (Å²) in [7, 11) is 0. The van der Waals surface area contributed by atoms with Crippen molar-refractivity contribution in [1.82, 2.24) is 0 Å². The lowest BCUT2D eigenvalue weighted by atomic mass is 9.49. The predicted octanol–water partition coefficient (Wildman–Crippen LogP) is 3.59. The number of allylic oxidation sites excluding steroid dienone is 4. The Morgan fingerprint density at radius 3 is 2.73 bits per heavy atom. The van der Waals surface area contributed by atoms with Crippen molar-refractivity contribution in [2.75, 3.05) is 0 Å². The van der Waals surface area contributed by atoms with Gasteiger partial charge < -0.3 is 4.74 Å². The van der Waals surface area contributed by atoms with E-state index in [4.69, 9.17) is 4.74 Å². The Morgan fingerprint density at radius 1 is 1.09 bits per heavy atom. The lowest BCUT2D eigenvalue weighted by Crippen LogP contribution is -2.56. The topological polar surface area (TPSA) is 43.4 Å². The van der Waals surface area contributed by atoms with E-state index in [9.17, 15) is 9.59 Å². The van der Waals surface area contributed by atoms with Crippen molar-refractivity contribution in [2.24, 2.45) is 23.2 Å². The minimum absolute atomic E-state index is 0.0250. The van der Waals surface area contributed by atoms with E-state index in [1.165, 1.54) is 5.57 Å². The second-order valence-corrected chi connectivity index (χ2v) is 7.97. The molecule has 3 fully saturated rings. The van der Waals surface area contributed by atoms with Gasteiger partial charge in [0.1, 0.15) is 5.60 Å². The van der Waals surface area contributed by atoms with Gasteiger partial charge in [-0.1, -0.05) is 18.6 Å². The van der Waals surface area contributed by atoms with Gasteiger partial charge >= 0.3 is 5.97 Å². The number of ketones is 1. The third kappa shape index (κ3) is 1.87. The van der Waals surface area contributed by atoms with Crippen LogP contribution in [0.1, 0.15) is 52.4 Å². The van der Waals surface area contributed by atoms with Crippen molar-refractivity contribution in [2.45, 2.75) is 58.0 Å². The fraction of sp³-hybridized carbons (Fsp3) is 0.684. The highest BCUT2D eigenvalue weighted by Crippen LogP contribution is 2.60. The van der Waals surface area contributed by atoms with Crippen molar-refractivity contribution in [3.05, 3.63) is 23.8 Å². The van der Waals surface area contributed by atoms with Gasteiger partial charge in [0.2, 0.25) is 0 Å². The van der Waals surface area contributed by atoms with E-state index in [0.717, 1.165) is 32.1 Å². The summed E-state index contributed by atoms with van der Waals surface area (Å²) in [5, 5.41) is 0. The van der Waals surface area contributed by atoms with Crippen molar-refractivity contribution in [1.29, 1.82) is 0 Å². The maximum atomic E-state index is 11.7. The molecule has 0 N–H and O–H groups in total. The summed E-state index contributed by atoms with van der Waals surface area (Å²) < 4.78 is 5.79. The Morgan fingerprint density at radius 2 is 1.91 bits per heavy atom. The van der Waals surface area contributed by atoms with Crippen LogP contribution in [-0.2, 0) is 14.3 Å². The molecule has 0 radical (unpaired) electrons. The van der Waals surface area contributed by atoms with Crippen LogP contribution >= 0.6 is 0 Å². The SMILES string of the molecule is C[C@@]12CC[C@H]3[C@@H](CCC4=CC(=O)C=C[C@@]43C)[C@@H]1CCC(=O)O2. The van der Waals surface area contributed by atoms with Gasteiger partial charge in [0.15, 0.2) is 5.78 Å². The zero-order valence-electron chi connectivity index (χ0n) is 13.4. The van der Waals surface area contributed by atoms with Crippen LogP contribution in [0.2, 0.25) is 0 Å². The van der Waals surface area contributed by atoms with E-state index in [0.29, 0.717) is 24.2 Å². The van der Waals surface area contributed by atoms with Crippen molar-refractivity contribution < 1.29 is 14.3 Å². The van der Waals surface area contributed by atoms with Crippen molar-refractivity contribution in [3.8, 4) is 0 Å². The first kappa shape index (κ1) is 14.2. The highest BCUT2D eigenvalue weighted by Gasteiger charge is 2.56. The molecule has 5 atom stereocenters. The highest BCUT2D eigenvalue weighted by atomic mass is 16.6. The number of rotatable bonds is 0. The molecule has 1 heterocycles. The third-order valence-electron chi connectivity index (χ3n) is 6.90. The number of hydrogen-bond donors (Lipinski definition) is 0. The lowest BCUT2D eigenvalue weighted by molar-refractivity contribution is -0.192. The first-order chi connectivity index (χ1) is 10.4. The zero-order chi connectivity index (χ0) is 15.5. The molecule has 2 saturated carbocycles. The number of carbonyl (C=O) groups is 2. The molecule has 1 saturated heterocycles. The van der Waals surface area contributed by atoms with Gasteiger partial charge in [-0.05, 0) is 63.0 Å². The largest absolute Gasteiger partial charge is 0.459 e. The van der Waals surface area contributed by atoms with E-state index in [1.54, 1.807) is 6.08 Å². The second kappa shape index (κ2) is 4.56. The van der Waals surface area contributed by atoms with Gasteiger partial charge in [-0.25, -0.2) is 0 Å². The van der Waals surface area contributed by atoms with Gasteiger partial charge in [-0.2, -0.15) is 0 Å². The molecule has 3 aliphatic carbocycles. The average Bonchev–Trinajstić information content (AvgIpc) is 2.46. The van der Waals surface area contributed by atoms with Gasteiger partial charge in [0.05, 0.1) is 0 Å². The molecule has 0 unspecified atom stereocenters. The molecule has 0 aromatic rings. The Labute approximate surface area is 131 Å². The van der Waals surface area contributed by atoms with Gasteiger partial charge in [0, 0.05) is 17.8 Å². The number of carbonyl (C=O) groups excluding carboxylic acids is 2. The van der Waals surface area contributed by atoms with E-state index in [-0.39, 0.29) is 22.8 Å². The Balaban J connectivity index is 1.68. The van der Waals surface area contributed by atoms with E-state index >= 15 is 0 Å². The Bertz CT molecular complexity index is 602. The molecule has 118 valence electrons. The normalized spacial score (nSPS) is 47.0. The third-order valence-corrected chi connectivity index (χ3v) is 6.90. The average molecular weight is 300 g/mol. The molecule has 4 aliphatic rings. The van der Waals surface area contributed by atoms with Gasteiger partial charge in [-0.15, -0.1) is 0 Å². The quantitative estimate of drug-likeness (QED) is 0.642. The summed E-state index contributed by atoms with van der Waals surface area (Å²) in [6.45, 7) is 4.44. The molecule has 0 amide bonds. The fourth-order valence-electron chi connectivity index (χ4n) is 5.72. The fourth-order valence-corrected chi connectivity index (χ4v) is 5.72. The van der Waals surface area contributed by atoms with Crippen LogP contribution in [0.25, 0.3) is 0 Å². The Hall–Kier alpha value is -1.38. The molecule has 3 heteroatoms. The van der Waals surface area contributed by atoms with Crippen LogP contribution in [0.15, 0.2) is 23.8 Å². The highest BCUT2D eigenvalue weighted by molar-refractivity contribution is 6.01. The molecule has 0 spiro atoms. The molecule has 4 rings (SSSR count). The summed E-state index contributed by atoms with van der Waals surface area (Å²) in [5.74, 6) is 1.77.